The number of aromatic nitrogens is 1. The first-order valence-corrected chi connectivity index (χ1v) is 6.47. The van der Waals surface area contributed by atoms with Crippen LogP contribution in [0.3, 0.4) is 0 Å². The van der Waals surface area contributed by atoms with Gasteiger partial charge in [-0.15, -0.1) is 0 Å². The van der Waals surface area contributed by atoms with Gasteiger partial charge in [-0.2, -0.15) is 13.8 Å². The summed E-state index contributed by atoms with van der Waals surface area (Å²) >= 11 is 0. The zero-order valence-electron chi connectivity index (χ0n) is 7.93. The predicted molar refractivity (Wildman–Crippen MR) is 53.7 cm³/mol. The maximum atomic E-state index is 11.9. The van der Waals surface area contributed by atoms with Gasteiger partial charge in [-0.3, -0.25) is 0 Å². The molecule has 0 N–H and O–H groups in total. The SMILES string of the molecule is O=S(=O)(Cl)c1ccc2nc(OC(F)F)oc2c1. The van der Waals surface area contributed by atoms with E-state index in [1.165, 1.54) is 12.1 Å². The van der Waals surface area contributed by atoms with Crippen molar-refractivity contribution in [2.45, 2.75) is 11.5 Å². The second kappa shape index (κ2) is 4.11. The van der Waals surface area contributed by atoms with Gasteiger partial charge in [0, 0.05) is 16.7 Å². The number of benzene rings is 1. The Hall–Kier alpha value is -1.41. The highest BCUT2D eigenvalue weighted by Crippen LogP contribution is 2.25. The van der Waals surface area contributed by atoms with E-state index in [1.54, 1.807) is 0 Å². The molecule has 0 spiro atoms. The van der Waals surface area contributed by atoms with Crippen LogP contribution >= 0.6 is 10.7 Å². The zero-order valence-corrected chi connectivity index (χ0v) is 9.50. The Labute approximate surface area is 98.4 Å². The molecular formula is C8H4ClF2NO4S. The van der Waals surface area contributed by atoms with Crippen molar-refractivity contribution in [1.29, 1.82) is 0 Å². The summed E-state index contributed by atoms with van der Waals surface area (Å²) in [5, 5.41) is 0. The van der Waals surface area contributed by atoms with Crippen molar-refractivity contribution in [1.82, 2.24) is 4.98 Å². The quantitative estimate of drug-likeness (QED) is 0.809. The second-order valence-corrected chi connectivity index (χ2v) is 5.49. The van der Waals surface area contributed by atoms with Crippen molar-refractivity contribution in [3.05, 3.63) is 18.2 Å². The van der Waals surface area contributed by atoms with E-state index in [9.17, 15) is 17.2 Å². The van der Waals surface area contributed by atoms with Crippen molar-refractivity contribution in [2.75, 3.05) is 0 Å². The highest BCUT2D eigenvalue weighted by molar-refractivity contribution is 8.13. The summed E-state index contributed by atoms with van der Waals surface area (Å²) in [6.07, 6.45) is -0.640. The maximum absolute atomic E-state index is 11.9. The molecule has 1 aromatic carbocycles. The fourth-order valence-corrected chi connectivity index (χ4v) is 1.93. The molecule has 0 saturated heterocycles. The van der Waals surface area contributed by atoms with Crippen LogP contribution in [0.25, 0.3) is 11.1 Å². The van der Waals surface area contributed by atoms with Gasteiger partial charge < -0.3 is 9.15 Å². The molecule has 0 amide bonds. The van der Waals surface area contributed by atoms with E-state index in [0.29, 0.717) is 0 Å². The van der Waals surface area contributed by atoms with Gasteiger partial charge in [-0.1, -0.05) is 0 Å². The molecule has 0 radical (unpaired) electrons. The number of rotatable bonds is 3. The number of halogens is 3. The van der Waals surface area contributed by atoms with Gasteiger partial charge in [0.25, 0.3) is 9.05 Å². The van der Waals surface area contributed by atoms with Crippen LogP contribution in [0.2, 0.25) is 0 Å². The summed E-state index contributed by atoms with van der Waals surface area (Å²) in [5.74, 6) is 0. The Morgan fingerprint density at radius 3 is 2.71 bits per heavy atom. The molecule has 0 aliphatic rings. The van der Waals surface area contributed by atoms with E-state index in [1.807, 2.05) is 0 Å². The van der Waals surface area contributed by atoms with Gasteiger partial charge in [0.05, 0.1) is 4.90 Å². The molecule has 1 heterocycles. The highest BCUT2D eigenvalue weighted by atomic mass is 35.7. The second-order valence-electron chi connectivity index (χ2n) is 2.93. The number of alkyl halides is 2. The Balaban J connectivity index is 2.48. The van der Waals surface area contributed by atoms with Crippen molar-refractivity contribution >= 4 is 30.8 Å². The first-order chi connectivity index (χ1) is 7.86. The highest BCUT2D eigenvalue weighted by Gasteiger charge is 2.15. The van der Waals surface area contributed by atoms with Gasteiger partial charge in [0.2, 0.25) is 0 Å². The largest absolute Gasteiger partial charge is 0.409 e. The summed E-state index contributed by atoms with van der Waals surface area (Å²) in [7, 11) is 1.20. The standard InChI is InChI=1S/C8H4ClF2NO4S/c9-17(13,14)4-1-2-5-6(3-4)15-8(12-5)16-7(10)11/h1-3,7H. The fraction of sp³-hybridized carbons (Fsp3) is 0.125. The minimum absolute atomic E-state index is 0.0117. The lowest BCUT2D eigenvalue weighted by atomic mass is 10.3. The van der Waals surface area contributed by atoms with Crippen LogP contribution in [0.4, 0.5) is 8.78 Å². The molecule has 0 aliphatic heterocycles. The van der Waals surface area contributed by atoms with Crippen LogP contribution in [-0.2, 0) is 9.05 Å². The van der Waals surface area contributed by atoms with E-state index in [2.05, 4.69) is 9.72 Å². The molecule has 0 atom stereocenters. The van der Waals surface area contributed by atoms with Gasteiger partial charge >= 0.3 is 12.7 Å². The molecule has 5 nitrogen and oxygen atoms in total. The van der Waals surface area contributed by atoms with Crippen LogP contribution in [0, 0.1) is 0 Å². The van der Waals surface area contributed by atoms with E-state index in [0.717, 1.165) is 6.07 Å². The normalized spacial score (nSPS) is 12.2. The van der Waals surface area contributed by atoms with Gasteiger partial charge in [0.1, 0.15) is 5.52 Å². The summed E-state index contributed by atoms with van der Waals surface area (Å²) in [4.78, 5) is 3.35. The molecule has 17 heavy (non-hydrogen) atoms. The molecule has 0 unspecified atom stereocenters. The lowest BCUT2D eigenvalue weighted by Gasteiger charge is -1.95. The molecule has 2 rings (SSSR count). The van der Waals surface area contributed by atoms with E-state index in [-0.39, 0.29) is 16.0 Å². The molecule has 0 saturated carbocycles. The Kier molecular flexibility index (Phi) is 2.92. The monoisotopic (exact) mass is 283 g/mol. The molecule has 92 valence electrons. The number of nitrogens with zero attached hydrogens (tertiary/aromatic N) is 1. The smallest absolute Gasteiger partial charge is 0.399 e. The molecule has 0 bridgehead atoms. The van der Waals surface area contributed by atoms with E-state index < -0.39 is 21.7 Å². The van der Waals surface area contributed by atoms with Gasteiger partial charge in [0.15, 0.2) is 5.58 Å². The van der Waals surface area contributed by atoms with Crippen LogP contribution in [0.5, 0.6) is 6.08 Å². The van der Waals surface area contributed by atoms with Crippen LogP contribution in [0.1, 0.15) is 0 Å². The number of ether oxygens (including phenoxy) is 1. The number of hydrogen-bond donors (Lipinski definition) is 0. The van der Waals surface area contributed by atoms with Crippen LogP contribution in [0.15, 0.2) is 27.5 Å². The van der Waals surface area contributed by atoms with Crippen molar-refractivity contribution in [2.24, 2.45) is 0 Å². The van der Waals surface area contributed by atoms with Crippen molar-refractivity contribution < 1.29 is 26.4 Å². The van der Waals surface area contributed by atoms with Crippen LogP contribution in [-0.4, -0.2) is 20.0 Å². The Morgan fingerprint density at radius 1 is 1.41 bits per heavy atom. The molecular weight excluding hydrogens is 280 g/mol. The number of fused-ring (bicyclic) bond motifs is 1. The van der Waals surface area contributed by atoms with Gasteiger partial charge in [-0.25, -0.2) is 8.42 Å². The first-order valence-electron chi connectivity index (χ1n) is 4.16. The number of hydrogen-bond acceptors (Lipinski definition) is 5. The average molecular weight is 284 g/mol. The molecule has 2 aromatic rings. The van der Waals surface area contributed by atoms with Gasteiger partial charge in [-0.05, 0) is 12.1 Å². The molecule has 0 fully saturated rings. The summed E-state index contributed by atoms with van der Waals surface area (Å²) in [5.41, 5.74) is 0.173. The Bertz CT molecular complexity index is 655. The van der Waals surface area contributed by atoms with Crippen molar-refractivity contribution in [3.63, 3.8) is 0 Å². The predicted octanol–water partition coefficient (Wildman–Crippen LogP) is 2.36. The van der Waals surface area contributed by atoms with Crippen LogP contribution < -0.4 is 4.74 Å². The van der Waals surface area contributed by atoms with E-state index in [4.69, 9.17) is 15.1 Å². The van der Waals surface area contributed by atoms with Crippen molar-refractivity contribution in [3.8, 4) is 6.08 Å². The third-order valence-electron chi connectivity index (χ3n) is 1.81. The fourth-order valence-electron chi connectivity index (χ4n) is 1.16. The first kappa shape index (κ1) is 12.1. The summed E-state index contributed by atoms with van der Waals surface area (Å²) < 4.78 is 54.5. The third-order valence-corrected chi connectivity index (χ3v) is 3.16. The minimum atomic E-state index is -3.91. The topological polar surface area (TPSA) is 69.4 Å². The minimum Gasteiger partial charge on any atom is -0.409 e. The Morgan fingerprint density at radius 2 is 2.12 bits per heavy atom. The van der Waals surface area contributed by atoms with E-state index >= 15 is 0 Å². The zero-order chi connectivity index (χ0) is 12.6. The molecule has 0 aliphatic carbocycles. The summed E-state index contributed by atoms with van der Waals surface area (Å²) in [6, 6.07) is 3.52. The maximum Gasteiger partial charge on any atom is 0.399 e. The lowest BCUT2D eigenvalue weighted by Crippen LogP contribution is -2.01. The third kappa shape index (κ3) is 2.64. The number of oxazole rings is 1. The average Bonchev–Trinajstić information content (AvgIpc) is 2.55. The summed E-state index contributed by atoms with van der Waals surface area (Å²) in [6.45, 7) is -3.07. The molecule has 9 heteroatoms. The lowest BCUT2D eigenvalue weighted by molar-refractivity contribution is -0.0664. The molecule has 1 aromatic heterocycles.